The van der Waals surface area contributed by atoms with Gasteiger partial charge in [0.05, 0.1) is 7.11 Å². The second-order valence-electron chi connectivity index (χ2n) is 4.00. The standard InChI is InChI=1S/C11H12FNO4S/c1-17-9-6-8-7(3-2-4-11(14)13-8)5-10(9)18(12,15)16/h5-6H,2-4H2,1H3,(H,13,14). The van der Waals surface area contributed by atoms with E-state index in [1.165, 1.54) is 19.2 Å². The number of anilines is 1. The largest absolute Gasteiger partial charge is 0.495 e. The van der Waals surface area contributed by atoms with Crippen molar-refractivity contribution >= 4 is 21.8 Å². The molecular weight excluding hydrogens is 261 g/mol. The lowest BCUT2D eigenvalue weighted by atomic mass is 10.1. The lowest BCUT2D eigenvalue weighted by Crippen LogP contribution is -2.10. The summed E-state index contributed by atoms with van der Waals surface area (Å²) < 4.78 is 40.0. The molecule has 0 atom stereocenters. The van der Waals surface area contributed by atoms with Crippen molar-refractivity contribution in [1.29, 1.82) is 0 Å². The third-order valence-corrected chi connectivity index (χ3v) is 3.62. The molecule has 0 aliphatic carbocycles. The summed E-state index contributed by atoms with van der Waals surface area (Å²) in [5.74, 6) is -0.259. The van der Waals surface area contributed by atoms with Crippen LogP contribution in [0.1, 0.15) is 18.4 Å². The number of hydrogen-bond acceptors (Lipinski definition) is 4. The Morgan fingerprint density at radius 2 is 2.06 bits per heavy atom. The molecule has 0 saturated carbocycles. The van der Waals surface area contributed by atoms with Crippen LogP contribution in [0, 0.1) is 0 Å². The number of hydrogen-bond donors (Lipinski definition) is 1. The van der Waals surface area contributed by atoms with Crippen molar-refractivity contribution < 1.29 is 21.8 Å². The van der Waals surface area contributed by atoms with Gasteiger partial charge in [0.1, 0.15) is 10.6 Å². The second kappa shape index (κ2) is 4.56. The molecule has 1 aromatic carbocycles. The number of carbonyl (C=O) groups excluding carboxylic acids is 1. The van der Waals surface area contributed by atoms with E-state index in [-0.39, 0.29) is 11.7 Å². The second-order valence-corrected chi connectivity index (χ2v) is 5.32. The molecule has 18 heavy (non-hydrogen) atoms. The van der Waals surface area contributed by atoms with Crippen LogP contribution in [-0.2, 0) is 21.4 Å². The SMILES string of the molecule is COc1cc2c(cc1S(=O)(=O)F)CCCC(=O)N2. The number of amides is 1. The summed E-state index contributed by atoms with van der Waals surface area (Å²) in [4.78, 5) is 10.9. The van der Waals surface area contributed by atoms with Gasteiger partial charge in [-0.3, -0.25) is 4.79 Å². The molecule has 0 fully saturated rings. The minimum Gasteiger partial charge on any atom is -0.495 e. The van der Waals surface area contributed by atoms with Crippen LogP contribution in [0.5, 0.6) is 5.75 Å². The number of nitrogens with one attached hydrogen (secondary N) is 1. The number of halogens is 1. The summed E-state index contributed by atoms with van der Waals surface area (Å²) in [5, 5.41) is 2.64. The highest BCUT2D eigenvalue weighted by Gasteiger charge is 2.23. The average molecular weight is 273 g/mol. The van der Waals surface area contributed by atoms with E-state index in [9.17, 15) is 17.1 Å². The van der Waals surface area contributed by atoms with Crippen LogP contribution in [0.4, 0.5) is 9.57 Å². The molecule has 7 heteroatoms. The zero-order valence-corrected chi connectivity index (χ0v) is 10.5. The lowest BCUT2D eigenvalue weighted by Gasteiger charge is -2.11. The Labute approximate surface area is 104 Å². The van der Waals surface area contributed by atoms with Gasteiger partial charge in [-0.1, -0.05) is 0 Å². The Hall–Kier alpha value is -1.63. The maximum Gasteiger partial charge on any atom is 0.335 e. The quantitative estimate of drug-likeness (QED) is 0.831. The smallest absolute Gasteiger partial charge is 0.335 e. The molecule has 1 aromatic rings. The number of carbonyl (C=O) groups is 1. The molecule has 2 rings (SSSR count). The van der Waals surface area contributed by atoms with Gasteiger partial charge in [0.15, 0.2) is 0 Å². The highest BCUT2D eigenvalue weighted by molar-refractivity contribution is 7.86. The first-order valence-corrected chi connectivity index (χ1v) is 6.75. The number of rotatable bonds is 2. The number of aryl methyl sites for hydroxylation is 1. The first-order valence-electron chi connectivity index (χ1n) is 5.37. The fourth-order valence-corrected chi connectivity index (χ4v) is 2.59. The number of benzene rings is 1. The van der Waals surface area contributed by atoms with Crippen LogP contribution in [0.3, 0.4) is 0 Å². The highest BCUT2D eigenvalue weighted by atomic mass is 32.3. The average Bonchev–Trinajstić information content (AvgIpc) is 2.46. The Kier molecular flexibility index (Phi) is 3.25. The van der Waals surface area contributed by atoms with E-state index < -0.39 is 15.1 Å². The van der Waals surface area contributed by atoms with Crippen molar-refractivity contribution in [3.8, 4) is 5.75 Å². The van der Waals surface area contributed by atoms with E-state index >= 15 is 0 Å². The molecule has 1 aliphatic heterocycles. The summed E-state index contributed by atoms with van der Waals surface area (Å²) >= 11 is 0. The normalized spacial score (nSPS) is 15.6. The number of fused-ring (bicyclic) bond motifs is 1. The maximum absolute atomic E-state index is 13.1. The van der Waals surface area contributed by atoms with Crippen LogP contribution in [-0.4, -0.2) is 21.4 Å². The summed E-state index contributed by atoms with van der Waals surface area (Å²) in [6.07, 6.45) is 1.46. The van der Waals surface area contributed by atoms with Gasteiger partial charge in [0.2, 0.25) is 5.91 Å². The van der Waals surface area contributed by atoms with E-state index in [0.29, 0.717) is 30.5 Å². The molecule has 0 radical (unpaired) electrons. The number of methoxy groups -OCH3 is 1. The molecule has 98 valence electrons. The zero-order valence-electron chi connectivity index (χ0n) is 9.70. The molecule has 1 aliphatic rings. The van der Waals surface area contributed by atoms with Gasteiger partial charge in [-0.2, -0.15) is 8.42 Å². The van der Waals surface area contributed by atoms with Crippen LogP contribution >= 0.6 is 0 Å². The van der Waals surface area contributed by atoms with Crippen LogP contribution < -0.4 is 10.1 Å². The molecule has 0 saturated heterocycles. The van der Waals surface area contributed by atoms with Crippen molar-refractivity contribution in [2.75, 3.05) is 12.4 Å². The monoisotopic (exact) mass is 273 g/mol. The first kappa shape index (κ1) is 12.8. The van der Waals surface area contributed by atoms with Gasteiger partial charge < -0.3 is 10.1 Å². The van der Waals surface area contributed by atoms with E-state index in [2.05, 4.69) is 5.32 Å². The van der Waals surface area contributed by atoms with Gasteiger partial charge in [-0.25, -0.2) is 0 Å². The van der Waals surface area contributed by atoms with Crippen molar-refractivity contribution in [1.82, 2.24) is 0 Å². The van der Waals surface area contributed by atoms with Crippen molar-refractivity contribution in [3.63, 3.8) is 0 Å². The highest BCUT2D eigenvalue weighted by Crippen LogP contribution is 2.33. The molecule has 1 heterocycles. The predicted octanol–water partition coefficient (Wildman–Crippen LogP) is 1.63. The Morgan fingerprint density at radius 1 is 1.33 bits per heavy atom. The molecule has 5 nitrogen and oxygen atoms in total. The van der Waals surface area contributed by atoms with Gasteiger partial charge in [-0.05, 0) is 24.5 Å². The molecule has 0 unspecified atom stereocenters. The van der Waals surface area contributed by atoms with Crippen molar-refractivity contribution in [2.24, 2.45) is 0 Å². The van der Waals surface area contributed by atoms with Crippen molar-refractivity contribution in [2.45, 2.75) is 24.2 Å². The molecule has 1 amide bonds. The minimum absolute atomic E-state index is 0.113. The molecular formula is C11H12FNO4S. The summed E-state index contributed by atoms with van der Waals surface area (Å²) in [5.41, 5.74) is 1.07. The predicted molar refractivity (Wildman–Crippen MR) is 62.9 cm³/mol. The number of ether oxygens (including phenoxy) is 1. The third-order valence-electron chi connectivity index (χ3n) is 2.78. The lowest BCUT2D eigenvalue weighted by molar-refractivity contribution is -0.116. The third kappa shape index (κ3) is 2.45. The van der Waals surface area contributed by atoms with Gasteiger partial charge in [0, 0.05) is 18.2 Å². The summed E-state index contributed by atoms with van der Waals surface area (Å²) in [6.45, 7) is 0. The zero-order chi connectivity index (χ0) is 13.3. The van der Waals surface area contributed by atoms with Crippen LogP contribution in [0.2, 0.25) is 0 Å². The Morgan fingerprint density at radius 3 is 2.67 bits per heavy atom. The fraction of sp³-hybridized carbons (Fsp3) is 0.364. The van der Waals surface area contributed by atoms with E-state index in [4.69, 9.17) is 4.74 Å². The first-order chi connectivity index (χ1) is 8.41. The van der Waals surface area contributed by atoms with Gasteiger partial charge in [-0.15, -0.1) is 3.89 Å². The van der Waals surface area contributed by atoms with Crippen LogP contribution in [0.15, 0.2) is 17.0 Å². The van der Waals surface area contributed by atoms with Crippen LogP contribution in [0.25, 0.3) is 0 Å². The topological polar surface area (TPSA) is 72.5 Å². The summed E-state index contributed by atoms with van der Waals surface area (Å²) in [6, 6.07) is 2.56. The Balaban J connectivity index is 2.60. The van der Waals surface area contributed by atoms with E-state index in [0.717, 1.165) is 0 Å². The Bertz CT molecular complexity index is 597. The minimum atomic E-state index is -4.84. The summed E-state index contributed by atoms with van der Waals surface area (Å²) in [7, 11) is -3.60. The molecule has 1 N–H and O–H groups in total. The van der Waals surface area contributed by atoms with Gasteiger partial charge >= 0.3 is 10.2 Å². The van der Waals surface area contributed by atoms with Crippen molar-refractivity contribution in [3.05, 3.63) is 17.7 Å². The maximum atomic E-state index is 13.1. The molecule has 0 aromatic heterocycles. The molecule has 0 bridgehead atoms. The van der Waals surface area contributed by atoms with E-state index in [1.54, 1.807) is 0 Å². The van der Waals surface area contributed by atoms with Gasteiger partial charge in [0.25, 0.3) is 0 Å². The fourth-order valence-electron chi connectivity index (χ4n) is 1.93. The van der Waals surface area contributed by atoms with E-state index in [1.807, 2.05) is 0 Å². The molecule has 0 spiro atoms.